The number of likely N-dealkylation sites (N-methyl/N-ethyl adjacent to an activating group) is 1. The van der Waals surface area contributed by atoms with Crippen LogP contribution in [0.25, 0.3) is 0 Å². The van der Waals surface area contributed by atoms with Crippen LogP contribution in [0.5, 0.6) is 0 Å². The molecule has 0 radical (unpaired) electrons. The van der Waals surface area contributed by atoms with Crippen LogP contribution in [0, 0.1) is 0 Å². The molecule has 0 spiro atoms. The van der Waals surface area contributed by atoms with Crippen LogP contribution in [0.3, 0.4) is 0 Å². The Morgan fingerprint density at radius 3 is 2.68 bits per heavy atom. The Morgan fingerprint density at radius 2 is 1.95 bits per heavy atom. The zero-order valence-corrected chi connectivity index (χ0v) is 12.6. The topological polar surface area (TPSA) is 28.2 Å². The molecule has 3 nitrogen and oxygen atoms in total. The molecule has 1 aromatic carbocycles. The maximum atomic E-state index is 4.33. The van der Waals surface area contributed by atoms with Gasteiger partial charge in [-0.25, -0.2) is 0 Å². The first-order valence-electron chi connectivity index (χ1n) is 6.32. The van der Waals surface area contributed by atoms with Gasteiger partial charge < -0.3 is 5.32 Å². The lowest BCUT2D eigenvalue weighted by atomic mass is 10.3. The third kappa shape index (κ3) is 4.65. The van der Waals surface area contributed by atoms with Crippen molar-refractivity contribution in [2.45, 2.75) is 6.54 Å². The number of pyridine rings is 1. The van der Waals surface area contributed by atoms with Gasteiger partial charge in [-0.15, -0.1) is 0 Å². The number of rotatable bonds is 6. The average Bonchev–Trinajstić information content (AvgIpc) is 2.42. The summed E-state index contributed by atoms with van der Waals surface area (Å²) in [5.41, 5.74) is 2.24. The summed E-state index contributed by atoms with van der Waals surface area (Å²) in [5.74, 6) is 0. The van der Waals surface area contributed by atoms with E-state index in [1.54, 1.807) is 0 Å². The molecule has 1 aromatic heterocycles. The molecule has 2 aromatic rings. The van der Waals surface area contributed by atoms with E-state index in [2.05, 4.69) is 50.3 Å². The number of hydrogen-bond donors (Lipinski definition) is 1. The highest BCUT2D eigenvalue weighted by molar-refractivity contribution is 9.10. The van der Waals surface area contributed by atoms with E-state index in [-0.39, 0.29) is 0 Å². The molecule has 0 unspecified atom stereocenters. The third-order valence-electron chi connectivity index (χ3n) is 2.84. The molecule has 19 heavy (non-hydrogen) atoms. The van der Waals surface area contributed by atoms with E-state index in [0.717, 1.165) is 35.5 Å². The van der Waals surface area contributed by atoms with Gasteiger partial charge >= 0.3 is 0 Å². The highest BCUT2D eigenvalue weighted by atomic mass is 79.9. The molecule has 2 rings (SSSR count). The molecule has 0 aliphatic rings. The summed E-state index contributed by atoms with van der Waals surface area (Å²) >= 11 is 3.53. The maximum Gasteiger partial charge on any atom is 0.0543 e. The standard InChI is InChI=1S/C15H18BrN3/c1-19(12-13-6-4-5-9-17-13)11-10-18-15-8-3-2-7-14(15)16/h2-9,18H,10-12H2,1H3. The van der Waals surface area contributed by atoms with Crippen LogP contribution < -0.4 is 5.32 Å². The second-order valence-electron chi connectivity index (χ2n) is 4.47. The molecule has 0 amide bonds. The molecule has 0 saturated carbocycles. The number of nitrogens with one attached hydrogen (secondary N) is 1. The molecule has 0 saturated heterocycles. The van der Waals surface area contributed by atoms with E-state index in [9.17, 15) is 0 Å². The summed E-state index contributed by atoms with van der Waals surface area (Å²) in [7, 11) is 2.11. The lowest BCUT2D eigenvalue weighted by Gasteiger charge is -2.17. The van der Waals surface area contributed by atoms with E-state index in [4.69, 9.17) is 0 Å². The maximum absolute atomic E-state index is 4.33. The Kier molecular flexibility index (Phi) is 5.36. The van der Waals surface area contributed by atoms with Crippen LogP contribution in [0.4, 0.5) is 5.69 Å². The normalized spacial score (nSPS) is 10.7. The van der Waals surface area contributed by atoms with E-state index in [0.29, 0.717) is 0 Å². The van der Waals surface area contributed by atoms with E-state index >= 15 is 0 Å². The van der Waals surface area contributed by atoms with Gasteiger partial charge in [0.05, 0.1) is 5.69 Å². The van der Waals surface area contributed by atoms with Gasteiger partial charge in [0.2, 0.25) is 0 Å². The summed E-state index contributed by atoms with van der Waals surface area (Å²) < 4.78 is 1.10. The molecule has 0 aliphatic carbocycles. The predicted octanol–water partition coefficient (Wildman–Crippen LogP) is 3.39. The fourth-order valence-corrected chi connectivity index (χ4v) is 2.26. The Morgan fingerprint density at radius 1 is 1.16 bits per heavy atom. The van der Waals surface area contributed by atoms with Crippen LogP contribution in [0.15, 0.2) is 53.1 Å². The van der Waals surface area contributed by atoms with Crippen molar-refractivity contribution in [1.29, 1.82) is 0 Å². The van der Waals surface area contributed by atoms with Crippen LogP contribution in [0.1, 0.15) is 5.69 Å². The molecule has 4 heteroatoms. The summed E-state index contributed by atoms with van der Waals surface area (Å²) in [6, 6.07) is 14.2. The van der Waals surface area contributed by atoms with Gasteiger partial charge in [-0.3, -0.25) is 9.88 Å². The SMILES string of the molecule is CN(CCNc1ccccc1Br)Cc1ccccn1. The minimum Gasteiger partial charge on any atom is -0.383 e. The lowest BCUT2D eigenvalue weighted by molar-refractivity contribution is 0.335. The monoisotopic (exact) mass is 319 g/mol. The Balaban J connectivity index is 1.75. The molecule has 100 valence electrons. The minimum atomic E-state index is 0.873. The lowest BCUT2D eigenvalue weighted by Crippen LogP contribution is -2.25. The van der Waals surface area contributed by atoms with Crippen molar-refractivity contribution < 1.29 is 0 Å². The van der Waals surface area contributed by atoms with Crippen molar-refractivity contribution in [2.24, 2.45) is 0 Å². The largest absolute Gasteiger partial charge is 0.383 e. The van der Waals surface area contributed by atoms with Crippen molar-refractivity contribution in [1.82, 2.24) is 9.88 Å². The summed E-state index contributed by atoms with van der Waals surface area (Å²) in [6.45, 7) is 2.75. The zero-order chi connectivity index (χ0) is 13.5. The van der Waals surface area contributed by atoms with Gasteiger partial charge in [-0.05, 0) is 47.2 Å². The molecule has 0 aliphatic heterocycles. The number of benzene rings is 1. The molecular weight excluding hydrogens is 302 g/mol. The Hall–Kier alpha value is -1.39. The Bertz CT molecular complexity index is 502. The fraction of sp³-hybridized carbons (Fsp3) is 0.267. The van der Waals surface area contributed by atoms with Crippen molar-refractivity contribution in [2.75, 3.05) is 25.5 Å². The zero-order valence-electron chi connectivity index (χ0n) is 11.0. The molecule has 1 N–H and O–H groups in total. The second-order valence-corrected chi connectivity index (χ2v) is 5.32. The summed E-state index contributed by atoms with van der Waals surface area (Å²) in [4.78, 5) is 6.59. The van der Waals surface area contributed by atoms with Crippen molar-refractivity contribution in [3.8, 4) is 0 Å². The van der Waals surface area contributed by atoms with Gasteiger partial charge in [0.25, 0.3) is 0 Å². The fourth-order valence-electron chi connectivity index (χ4n) is 1.83. The molecular formula is C15H18BrN3. The highest BCUT2D eigenvalue weighted by Crippen LogP contribution is 2.20. The second kappa shape index (κ2) is 7.26. The quantitative estimate of drug-likeness (QED) is 0.884. The number of anilines is 1. The third-order valence-corrected chi connectivity index (χ3v) is 3.53. The number of para-hydroxylation sites is 1. The van der Waals surface area contributed by atoms with Gasteiger partial charge in [-0.1, -0.05) is 18.2 Å². The summed E-state index contributed by atoms with van der Waals surface area (Å²) in [6.07, 6.45) is 1.84. The van der Waals surface area contributed by atoms with Crippen LogP contribution in [-0.4, -0.2) is 30.0 Å². The van der Waals surface area contributed by atoms with Crippen molar-refractivity contribution >= 4 is 21.6 Å². The van der Waals surface area contributed by atoms with E-state index < -0.39 is 0 Å². The molecule has 0 fully saturated rings. The van der Waals surface area contributed by atoms with Gasteiger partial charge in [0, 0.05) is 36.0 Å². The number of aromatic nitrogens is 1. The van der Waals surface area contributed by atoms with Crippen molar-refractivity contribution in [3.63, 3.8) is 0 Å². The van der Waals surface area contributed by atoms with Crippen LogP contribution >= 0.6 is 15.9 Å². The average molecular weight is 320 g/mol. The number of hydrogen-bond acceptors (Lipinski definition) is 3. The molecule has 1 heterocycles. The first-order chi connectivity index (χ1) is 9.25. The van der Waals surface area contributed by atoms with Gasteiger partial charge in [0.15, 0.2) is 0 Å². The predicted molar refractivity (Wildman–Crippen MR) is 83.2 cm³/mol. The van der Waals surface area contributed by atoms with Crippen LogP contribution in [0.2, 0.25) is 0 Å². The Labute approximate surface area is 122 Å². The first kappa shape index (κ1) is 14.0. The number of halogens is 1. The number of nitrogens with zero attached hydrogens (tertiary/aromatic N) is 2. The molecule has 0 bridgehead atoms. The van der Waals surface area contributed by atoms with Gasteiger partial charge in [0.1, 0.15) is 0 Å². The highest BCUT2D eigenvalue weighted by Gasteiger charge is 2.01. The van der Waals surface area contributed by atoms with Gasteiger partial charge in [-0.2, -0.15) is 0 Å². The minimum absolute atomic E-state index is 0.873. The molecule has 0 atom stereocenters. The van der Waals surface area contributed by atoms with E-state index in [1.807, 2.05) is 36.5 Å². The van der Waals surface area contributed by atoms with Crippen LogP contribution in [-0.2, 0) is 6.54 Å². The summed E-state index contributed by atoms with van der Waals surface area (Å²) in [5, 5.41) is 3.42. The smallest absolute Gasteiger partial charge is 0.0543 e. The van der Waals surface area contributed by atoms with Crippen molar-refractivity contribution in [3.05, 3.63) is 58.8 Å². The first-order valence-corrected chi connectivity index (χ1v) is 7.12. The van der Waals surface area contributed by atoms with E-state index in [1.165, 1.54) is 0 Å².